The van der Waals surface area contributed by atoms with E-state index in [2.05, 4.69) is 15.0 Å². The van der Waals surface area contributed by atoms with Gasteiger partial charge in [0, 0.05) is 35.6 Å². The Morgan fingerprint density at radius 2 is 1.83 bits per heavy atom. The number of nitrogens with one attached hydrogen (secondary N) is 2. The molecule has 0 unspecified atom stereocenters. The van der Waals surface area contributed by atoms with Crippen molar-refractivity contribution in [3.8, 4) is 5.13 Å². The van der Waals surface area contributed by atoms with E-state index in [4.69, 9.17) is 0 Å². The lowest BCUT2D eigenvalue weighted by Gasteiger charge is -2.10. The van der Waals surface area contributed by atoms with Crippen LogP contribution in [0.4, 0.5) is 0 Å². The van der Waals surface area contributed by atoms with Crippen molar-refractivity contribution in [2.24, 2.45) is 0 Å². The molecular weight excluding hydrogens is 420 g/mol. The molecule has 0 fully saturated rings. The molecule has 1 amide bonds. The zero-order valence-corrected chi connectivity index (χ0v) is 19.1. The Hall–Kier alpha value is -2.49. The highest BCUT2D eigenvalue weighted by molar-refractivity contribution is 7.88. The second-order valence-corrected chi connectivity index (χ2v) is 10.1. The average Bonchev–Trinajstić information content (AvgIpc) is 3.27. The molecule has 3 rings (SSSR count). The summed E-state index contributed by atoms with van der Waals surface area (Å²) in [7, 11) is -3.36. The highest BCUT2D eigenvalue weighted by atomic mass is 32.2. The van der Waals surface area contributed by atoms with E-state index in [0.29, 0.717) is 17.7 Å². The molecule has 0 saturated heterocycles. The molecule has 3 aromatic rings. The molecule has 0 bridgehead atoms. The molecular formula is C21H26N4O3S2. The number of aromatic nitrogens is 2. The summed E-state index contributed by atoms with van der Waals surface area (Å²) in [6, 6.07) is 8.94. The van der Waals surface area contributed by atoms with Gasteiger partial charge in [-0.3, -0.25) is 9.36 Å². The molecule has 9 heteroatoms. The molecule has 2 N–H and O–H groups in total. The number of rotatable bonds is 8. The van der Waals surface area contributed by atoms with E-state index in [1.165, 1.54) is 11.3 Å². The Morgan fingerprint density at radius 3 is 2.43 bits per heavy atom. The smallest absolute Gasteiger partial charge is 0.253 e. The van der Waals surface area contributed by atoms with Gasteiger partial charge in [0.05, 0.1) is 11.3 Å². The largest absolute Gasteiger partial charge is 0.348 e. The van der Waals surface area contributed by atoms with Crippen LogP contribution in [-0.2, 0) is 22.3 Å². The Bertz CT molecular complexity index is 1120. The lowest BCUT2D eigenvalue weighted by atomic mass is 10.1. The van der Waals surface area contributed by atoms with Crippen molar-refractivity contribution in [2.75, 3.05) is 0 Å². The van der Waals surface area contributed by atoms with Gasteiger partial charge in [-0.05, 0) is 44.9 Å². The van der Waals surface area contributed by atoms with Crippen molar-refractivity contribution in [1.29, 1.82) is 0 Å². The van der Waals surface area contributed by atoms with Crippen molar-refractivity contribution in [1.82, 2.24) is 19.6 Å². The molecule has 0 aliphatic carbocycles. The van der Waals surface area contributed by atoms with Crippen molar-refractivity contribution >= 4 is 27.3 Å². The van der Waals surface area contributed by atoms with E-state index in [9.17, 15) is 13.2 Å². The van der Waals surface area contributed by atoms with E-state index < -0.39 is 10.0 Å². The normalized spacial score (nSPS) is 11.8. The number of carbonyl (C=O) groups is 1. The third-order valence-corrected chi connectivity index (χ3v) is 6.83. The van der Waals surface area contributed by atoms with E-state index in [-0.39, 0.29) is 17.7 Å². The van der Waals surface area contributed by atoms with Crippen LogP contribution in [0.2, 0.25) is 0 Å². The zero-order chi connectivity index (χ0) is 21.9. The predicted octanol–water partition coefficient (Wildman–Crippen LogP) is 3.31. The Morgan fingerprint density at radius 1 is 1.17 bits per heavy atom. The lowest BCUT2D eigenvalue weighted by molar-refractivity contribution is 0.0950. The molecule has 160 valence electrons. The Labute approximate surface area is 181 Å². The van der Waals surface area contributed by atoms with Gasteiger partial charge in [-0.15, -0.1) is 11.3 Å². The first-order valence-corrected chi connectivity index (χ1v) is 12.1. The number of sulfonamides is 1. The minimum Gasteiger partial charge on any atom is -0.348 e. The summed E-state index contributed by atoms with van der Waals surface area (Å²) < 4.78 is 28.6. The molecule has 2 heterocycles. The Kier molecular flexibility index (Phi) is 6.74. The molecule has 2 aromatic heterocycles. The highest BCUT2D eigenvalue weighted by Crippen LogP contribution is 2.22. The standard InChI is InChI=1S/C21H26N4O3S2/c1-14(2)24-30(27,28)13-18-7-5-17(6-8-18)12-23-20(26)19-11-15(3)25(16(19)4)21-22-9-10-29-21/h5-11,14,24H,12-13H2,1-4H3,(H,23,26). The summed E-state index contributed by atoms with van der Waals surface area (Å²) in [4.78, 5) is 17.0. The van der Waals surface area contributed by atoms with Crippen molar-refractivity contribution in [3.63, 3.8) is 0 Å². The maximum absolute atomic E-state index is 12.7. The van der Waals surface area contributed by atoms with Gasteiger partial charge in [0.1, 0.15) is 0 Å². The first-order valence-electron chi connectivity index (χ1n) is 9.61. The minimum absolute atomic E-state index is 0.0689. The zero-order valence-electron chi connectivity index (χ0n) is 17.5. The number of hydrogen-bond donors (Lipinski definition) is 2. The maximum Gasteiger partial charge on any atom is 0.253 e. The number of carbonyl (C=O) groups excluding carboxylic acids is 1. The number of thiazole rings is 1. The van der Waals surface area contributed by atoms with Gasteiger partial charge in [0.15, 0.2) is 5.13 Å². The number of amides is 1. The van der Waals surface area contributed by atoms with Crippen LogP contribution in [-0.4, -0.2) is 29.9 Å². The maximum atomic E-state index is 12.7. The summed E-state index contributed by atoms with van der Waals surface area (Å²) in [6.07, 6.45) is 1.74. The van der Waals surface area contributed by atoms with Crippen LogP contribution in [0.5, 0.6) is 0 Å². The van der Waals surface area contributed by atoms with Gasteiger partial charge in [-0.2, -0.15) is 0 Å². The lowest BCUT2D eigenvalue weighted by Crippen LogP contribution is -2.31. The summed E-state index contributed by atoms with van der Waals surface area (Å²) in [5, 5.41) is 5.68. The quantitative estimate of drug-likeness (QED) is 0.555. The first-order chi connectivity index (χ1) is 14.2. The molecule has 0 radical (unpaired) electrons. The molecule has 0 aliphatic rings. The molecule has 7 nitrogen and oxygen atoms in total. The average molecular weight is 447 g/mol. The summed E-state index contributed by atoms with van der Waals surface area (Å²) >= 11 is 1.52. The Balaban J connectivity index is 1.64. The molecule has 30 heavy (non-hydrogen) atoms. The SMILES string of the molecule is Cc1cc(C(=O)NCc2ccc(CS(=O)(=O)NC(C)C)cc2)c(C)n1-c1nccs1. The number of nitrogens with zero attached hydrogens (tertiary/aromatic N) is 2. The van der Waals surface area contributed by atoms with Crippen LogP contribution in [0.25, 0.3) is 5.13 Å². The minimum atomic E-state index is -3.36. The third-order valence-electron chi connectivity index (χ3n) is 4.53. The van der Waals surface area contributed by atoms with Gasteiger partial charge in [0.2, 0.25) is 10.0 Å². The number of benzene rings is 1. The number of hydrogen-bond acceptors (Lipinski definition) is 5. The fourth-order valence-electron chi connectivity index (χ4n) is 3.26. The first kappa shape index (κ1) is 22.2. The molecule has 0 spiro atoms. The van der Waals surface area contributed by atoms with Crippen LogP contribution in [0.1, 0.15) is 46.7 Å². The topological polar surface area (TPSA) is 93.1 Å². The second kappa shape index (κ2) is 9.11. The van der Waals surface area contributed by atoms with Gasteiger partial charge >= 0.3 is 0 Å². The summed E-state index contributed by atoms with van der Waals surface area (Å²) in [5.74, 6) is -0.223. The fourth-order valence-corrected chi connectivity index (χ4v) is 5.45. The van der Waals surface area contributed by atoms with Gasteiger partial charge in [-0.25, -0.2) is 18.1 Å². The van der Waals surface area contributed by atoms with Crippen LogP contribution < -0.4 is 10.0 Å². The predicted molar refractivity (Wildman–Crippen MR) is 119 cm³/mol. The molecule has 0 saturated carbocycles. The van der Waals surface area contributed by atoms with Crippen LogP contribution in [0.15, 0.2) is 41.9 Å². The van der Waals surface area contributed by atoms with Crippen LogP contribution in [0, 0.1) is 13.8 Å². The van der Waals surface area contributed by atoms with E-state index in [1.807, 2.05) is 42.0 Å². The molecule has 1 aromatic carbocycles. The van der Waals surface area contributed by atoms with Crippen LogP contribution in [0.3, 0.4) is 0 Å². The van der Waals surface area contributed by atoms with Crippen molar-refractivity contribution < 1.29 is 13.2 Å². The third kappa shape index (κ3) is 5.35. The number of aryl methyl sites for hydroxylation is 1. The summed E-state index contributed by atoms with van der Waals surface area (Å²) in [5.41, 5.74) is 4.01. The van der Waals surface area contributed by atoms with Crippen molar-refractivity contribution in [3.05, 3.63) is 70.0 Å². The summed E-state index contributed by atoms with van der Waals surface area (Å²) in [6.45, 7) is 7.79. The van der Waals surface area contributed by atoms with Gasteiger partial charge in [-0.1, -0.05) is 24.3 Å². The van der Waals surface area contributed by atoms with E-state index in [0.717, 1.165) is 22.1 Å². The van der Waals surface area contributed by atoms with Crippen molar-refractivity contribution in [2.45, 2.75) is 46.0 Å². The van der Waals surface area contributed by atoms with E-state index >= 15 is 0 Å². The second-order valence-electron chi connectivity index (χ2n) is 7.47. The van der Waals surface area contributed by atoms with E-state index in [1.54, 1.807) is 32.2 Å². The highest BCUT2D eigenvalue weighted by Gasteiger charge is 2.18. The fraction of sp³-hybridized carbons (Fsp3) is 0.333. The van der Waals surface area contributed by atoms with Crippen LogP contribution >= 0.6 is 11.3 Å². The monoisotopic (exact) mass is 446 g/mol. The molecule has 0 aliphatic heterocycles. The van der Waals surface area contributed by atoms with Gasteiger partial charge in [0.25, 0.3) is 5.91 Å². The van der Waals surface area contributed by atoms with Gasteiger partial charge < -0.3 is 5.32 Å². The molecule has 0 atom stereocenters.